The van der Waals surface area contributed by atoms with Crippen LogP contribution in [0.5, 0.6) is 5.75 Å². The average molecular weight is 694 g/mol. The van der Waals surface area contributed by atoms with E-state index in [1.165, 1.54) is 6.07 Å². The minimum absolute atomic E-state index is 0.0196. The maximum absolute atomic E-state index is 13.6. The van der Waals surface area contributed by atoms with Gasteiger partial charge >= 0.3 is 0 Å². The number of nitrogens with zero attached hydrogens (tertiary/aromatic N) is 1. The van der Waals surface area contributed by atoms with Crippen molar-refractivity contribution < 1.29 is 38.2 Å². The quantitative estimate of drug-likeness (QED) is 0.215. The second-order valence-electron chi connectivity index (χ2n) is 12.9. The molecule has 4 atom stereocenters. The zero-order chi connectivity index (χ0) is 36.2. The van der Waals surface area contributed by atoms with Gasteiger partial charge in [-0.3, -0.25) is 33.7 Å². The van der Waals surface area contributed by atoms with Gasteiger partial charge in [0, 0.05) is 26.2 Å². The third kappa shape index (κ3) is 11.3. The van der Waals surface area contributed by atoms with Gasteiger partial charge in [0.15, 0.2) is 0 Å². The number of rotatable bonds is 8. The van der Waals surface area contributed by atoms with E-state index in [2.05, 4.69) is 31.5 Å². The van der Waals surface area contributed by atoms with Crippen LogP contribution in [0.3, 0.4) is 0 Å². The molecule has 15 nitrogen and oxygen atoms in total. The SMILES string of the molecule is CC(C)[C@H]1NC(=O)[C@H](CC(N)=O)NC(=O)C[C@@H](C(=O)NCc2ccc(CN3CCOCC3)cc2)NC(=O)c2ccccc2OC[C@H](C)NC1=O. The van der Waals surface area contributed by atoms with E-state index in [4.69, 9.17) is 15.2 Å². The Morgan fingerprint density at radius 3 is 2.28 bits per heavy atom. The number of primary amides is 1. The fourth-order valence-corrected chi connectivity index (χ4v) is 5.54. The number of morpholine rings is 1. The highest BCUT2D eigenvalue weighted by atomic mass is 16.5. The maximum atomic E-state index is 13.6. The molecule has 2 heterocycles. The third-order valence-corrected chi connectivity index (χ3v) is 8.32. The Morgan fingerprint density at radius 1 is 0.920 bits per heavy atom. The normalized spacial score (nSPS) is 22.9. The first-order valence-electron chi connectivity index (χ1n) is 16.8. The van der Waals surface area contributed by atoms with Crippen LogP contribution in [0.1, 0.15) is 55.1 Å². The Hall–Kier alpha value is -5.02. The Labute approximate surface area is 291 Å². The van der Waals surface area contributed by atoms with E-state index < -0.39 is 72.5 Å². The fraction of sp³-hybridized carbons (Fsp3) is 0.486. The minimum atomic E-state index is -1.44. The number of hydrogen-bond donors (Lipinski definition) is 6. The molecule has 2 aliphatic heterocycles. The smallest absolute Gasteiger partial charge is 0.255 e. The Bertz CT molecular complexity index is 1530. The molecule has 15 heteroatoms. The number of amides is 6. The van der Waals surface area contributed by atoms with E-state index >= 15 is 0 Å². The molecule has 1 fully saturated rings. The van der Waals surface area contributed by atoms with Crippen LogP contribution in [0.4, 0.5) is 0 Å². The summed E-state index contributed by atoms with van der Waals surface area (Å²) in [6.45, 7) is 9.15. The van der Waals surface area contributed by atoms with Gasteiger partial charge in [0.1, 0.15) is 30.5 Å². The van der Waals surface area contributed by atoms with Crippen LogP contribution < -0.4 is 37.1 Å². The molecule has 270 valence electrons. The van der Waals surface area contributed by atoms with E-state index in [-0.39, 0.29) is 30.4 Å². The van der Waals surface area contributed by atoms with Crippen molar-refractivity contribution in [1.82, 2.24) is 31.5 Å². The summed E-state index contributed by atoms with van der Waals surface area (Å²) in [6.07, 6.45) is -1.14. The summed E-state index contributed by atoms with van der Waals surface area (Å²) < 4.78 is 11.3. The van der Waals surface area contributed by atoms with E-state index in [1.54, 1.807) is 39.0 Å². The number of nitrogens with two attached hydrogens (primary N) is 1. The highest BCUT2D eigenvalue weighted by Crippen LogP contribution is 2.19. The van der Waals surface area contributed by atoms with Crippen molar-refractivity contribution in [2.75, 3.05) is 32.9 Å². The second kappa shape index (κ2) is 18.1. The zero-order valence-corrected chi connectivity index (χ0v) is 28.7. The first kappa shape index (κ1) is 37.8. The predicted octanol–water partition coefficient (Wildman–Crippen LogP) is -0.278. The molecule has 2 aromatic carbocycles. The first-order valence-corrected chi connectivity index (χ1v) is 16.8. The summed E-state index contributed by atoms with van der Waals surface area (Å²) in [5.74, 6) is -4.51. The highest BCUT2D eigenvalue weighted by molar-refractivity contribution is 6.01. The molecule has 1 saturated heterocycles. The lowest BCUT2D eigenvalue weighted by Crippen LogP contribution is -2.57. The van der Waals surface area contributed by atoms with Crippen molar-refractivity contribution in [3.05, 3.63) is 65.2 Å². The van der Waals surface area contributed by atoms with E-state index in [0.717, 1.165) is 30.8 Å². The number of benzene rings is 2. The number of para-hydroxylation sites is 1. The number of hydrogen-bond acceptors (Lipinski definition) is 9. The zero-order valence-electron chi connectivity index (χ0n) is 28.7. The molecular weight excluding hydrogens is 646 g/mol. The van der Waals surface area contributed by atoms with Gasteiger partial charge < -0.3 is 41.8 Å². The number of fused-ring (bicyclic) bond motifs is 1. The van der Waals surface area contributed by atoms with Gasteiger partial charge in [-0.15, -0.1) is 0 Å². The molecule has 2 aromatic rings. The van der Waals surface area contributed by atoms with Crippen LogP contribution in [0, 0.1) is 5.92 Å². The minimum Gasteiger partial charge on any atom is -0.491 e. The predicted molar refractivity (Wildman–Crippen MR) is 182 cm³/mol. The van der Waals surface area contributed by atoms with Crippen LogP contribution in [0.25, 0.3) is 0 Å². The summed E-state index contributed by atoms with van der Waals surface area (Å²) in [7, 11) is 0. The fourth-order valence-electron chi connectivity index (χ4n) is 5.54. The van der Waals surface area contributed by atoms with Gasteiger partial charge in [-0.2, -0.15) is 0 Å². The summed E-state index contributed by atoms with van der Waals surface area (Å²) in [6, 6.07) is 9.76. The summed E-state index contributed by atoms with van der Waals surface area (Å²) >= 11 is 0. The molecule has 50 heavy (non-hydrogen) atoms. The second-order valence-corrected chi connectivity index (χ2v) is 12.9. The molecule has 0 aromatic heterocycles. The number of ether oxygens (including phenoxy) is 2. The molecular formula is C35H47N7O8. The van der Waals surface area contributed by atoms with E-state index in [9.17, 15) is 28.8 Å². The molecule has 0 aliphatic carbocycles. The van der Waals surface area contributed by atoms with Crippen LogP contribution in [0.15, 0.2) is 48.5 Å². The Morgan fingerprint density at radius 2 is 1.60 bits per heavy atom. The molecule has 7 N–H and O–H groups in total. The van der Waals surface area contributed by atoms with E-state index in [0.29, 0.717) is 13.2 Å². The van der Waals surface area contributed by atoms with Crippen molar-refractivity contribution in [3.63, 3.8) is 0 Å². The Kier molecular flexibility index (Phi) is 13.7. The van der Waals surface area contributed by atoms with Gasteiger partial charge in [-0.25, -0.2) is 0 Å². The molecule has 0 radical (unpaired) electrons. The number of nitrogens with one attached hydrogen (secondary N) is 5. The van der Waals surface area contributed by atoms with Crippen LogP contribution in [0.2, 0.25) is 0 Å². The lowest BCUT2D eigenvalue weighted by Gasteiger charge is -2.26. The van der Waals surface area contributed by atoms with Gasteiger partial charge in [0.25, 0.3) is 5.91 Å². The lowest BCUT2D eigenvalue weighted by atomic mass is 10.0. The van der Waals surface area contributed by atoms with Gasteiger partial charge in [0.05, 0.1) is 37.7 Å². The summed E-state index contributed by atoms with van der Waals surface area (Å²) in [5, 5.41) is 13.3. The van der Waals surface area contributed by atoms with Gasteiger partial charge in [-0.1, -0.05) is 50.2 Å². The van der Waals surface area contributed by atoms with Crippen LogP contribution in [-0.4, -0.2) is 97.4 Å². The molecule has 0 saturated carbocycles. The largest absolute Gasteiger partial charge is 0.491 e. The highest BCUT2D eigenvalue weighted by Gasteiger charge is 2.32. The van der Waals surface area contributed by atoms with Crippen LogP contribution in [-0.2, 0) is 41.8 Å². The number of carbonyl (C=O) groups excluding carboxylic acids is 6. The number of carbonyl (C=O) groups is 6. The van der Waals surface area contributed by atoms with Crippen molar-refractivity contribution in [2.24, 2.45) is 11.7 Å². The lowest BCUT2D eigenvalue weighted by molar-refractivity contribution is -0.135. The van der Waals surface area contributed by atoms with Crippen molar-refractivity contribution in [1.29, 1.82) is 0 Å². The Balaban J connectivity index is 1.55. The third-order valence-electron chi connectivity index (χ3n) is 8.32. The summed E-state index contributed by atoms with van der Waals surface area (Å²) in [4.78, 5) is 81.1. The topological polar surface area (TPSA) is 210 Å². The van der Waals surface area contributed by atoms with Gasteiger partial charge in [0.2, 0.25) is 29.5 Å². The summed E-state index contributed by atoms with van der Waals surface area (Å²) in [5.41, 5.74) is 7.41. The molecule has 0 bridgehead atoms. The monoisotopic (exact) mass is 693 g/mol. The molecule has 6 amide bonds. The standard InChI is InChI=1S/C35H47N7O8/c1-21(2)31-35(48)38-22(3)20-50-28-7-5-4-6-25(28)32(45)40-27(17-30(44)39-26(16-29(36)43)34(47)41-31)33(46)37-18-23-8-10-24(11-9-23)19-42-12-14-49-15-13-42/h4-11,21-22,26-27,31H,12-20H2,1-3H3,(H2,36,43)(H,37,46)(H,38,48)(H,39,44)(H,40,45)(H,41,47)/t22-,26-,27-,31+/m0/s1. The molecule has 2 aliphatic rings. The van der Waals surface area contributed by atoms with Crippen molar-refractivity contribution in [3.8, 4) is 5.75 Å². The van der Waals surface area contributed by atoms with Crippen molar-refractivity contribution in [2.45, 2.75) is 70.9 Å². The van der Waals surface area contributed by atoms with Gasteiger partial charge in [-0.05, 0) is 36.1 Å². The molecule has 4 rings (SSSR count). The van der Waals surface area contributed by atoms with E-state index in [1.807, 2.05) is 24.3 Å². The first-order chi connectivity index (χ1) is 23.9. The molecule has 0 spiro atoms. The van der Waals surface area contributed by atoms with Crippen LogP contribution >= 0.6 is 0 Å². The maximum Gasteiger partial charge on any atom is 0.255 e. The average Bonchev–Trinajstić information content (AvgIpc) is 3.08. The van der Waals surface area contributed by atoms with Crippen molar-refractivity contribution >= 4 is 35.4 Å². The molecule has 0 unspecified atom stereocenters.